The maximum atomic E-state index is 5.54. The molecule has 2 rings (SSSR count). The van der Waals surface area contributed by atoms with Gasteiger partial charge in [0.2, 0.25) is 0 Å². The highest BCUT2D eigenvalue weighted by molar-refractivity contribution is 5.28. The lowest BCUT2D eigenvalue weighted by atomic mass is 10.0. The van der Waals surface area contributed by atoms with Gasteiger partial charge in [-0.25, -0.2) is 0 Å². The van der Waals surface area contributed by atoms with Crippen LogP contribution in [0.3, 0.4) is 0 Å². The van der Waals surface area contributed by atoms with Gasteiger partial charge in [-0.05, 0) is 30.7 Å². The van der Waals surface area contributed by atoms with Crippen molar-refractivity contribution >= 4 is 0 Å². The molecule has 0 aromatic heterocycles. The largest absolute Gasteiger partial charge is 0.271 e. The Kier molecular flexibility index (Phi) is 2.89. The average Bonchev–Trinajstić information content (AvgIpc) is 3.00. The smallest absolute Gasteiger partial charge is 0.0448 e. The summed E-state index contributed by atoms with van der Waals surface area (Å²) in [7, 11) is 0. The molecule has 0 amide bonds. The topological polar surface area (TPSA) is 38.0 Å². The van der Waals surface area contributed by atoms with Crippen LogP contribution in [0.5, 0.6) is 0 Å². The molecule has 1 saturated carbocycles. The highest BCUT2D eigenvalue weighted by Crippen LogP contribution is 2.50. The summed E-state index contributed by atoms with van der Waals surface area (Å²) in [4.78, 5) is 0. The average molecular weight is 202 g/mol. The standard InChI is InChI=1S/C13H18N2/c1-9(2)13(15-14)12-8-11(12)10-6-4-3-5-7-10/h3-7,11-13,15H,1,8,14H2,2H3. The molecular weight excluding hydrogens is 184 g/mol. The van der Waals surface area contributed by atoms with E-state index in [0.29, 0.717) is 11.8 Å². The number of hydrazine groups is 1. The molecule has 1 aliphatic carbocycles. The summed E-state index contributed by atoms with van der Waals surface area (Å²) in [6, 6.07) is 10.9. The van der Waals surface area contributed by atoms with E-state index in [1.54, 1.807) is 0 Å². The minimum absolute atomic E-state index is 0.259. The first-order chi connectivity index (χ1) is 7.24. The van der Waals surface area contributed by atoms with Gasteiger partial charge in [-0.15, -0.1) is 0 Å². The van der Waals surface area contributed by atoms with Gasteiger partial charge in [0, 0.05) is 6.04 Å². The van der Waals surface area contributed by atoms with E-state index in [0.717, 1.165) is 5.57 Å². The lowest BCUT2D eigenvalue weighted by Gasteiger charge is -2.15. The molecule has 1 aliphatic rings. The Labute approximate surface area is 91.2 Å². The van der Waals surface area contributed by atoms with E-state index in [-0.39, 0.29) is 6.04 Å². The normalized spacial score (nSPS) is 26.0. The lowest BCUT2D eigenvalue weighted by Crippen LogP contribution is -2.37. The Bertz CT molecular complexity index is 345. The third-order valence-electron chi connectivity index (χ3n) is 3.21. The molecule has 3 atom stereocenters. The quantitative estimate of drug-likeness (QED) is 0.446. The summed E-state index contributed by atoms with van der Waals surface area (Å²) in [6.07, 6.45) is 1.21. The van der Waals surface area contributed by atoms with Crippen molar-refractivity contribution in [1.29, 1.82) is 0 Å². The number of nitrogens with one attached hydrogen (secondary N) is 1. The van der Waals surface area contributed by atoms with E-state index < -0.39 is 0 Å². The molecule has 80 valence electrons. The number of nitrogens with two attached hydrogens (primary N) is 1. The molecule has 0 spiro atoms. The van der Waals surface area contributed by atoms with Gasteiger partial charge in [0.15, 0.2) is 0 Å². The third kappa shape index (κ3) is 2.11. The fourth-order valence-corrected chi connectivity index (χ4v) is 2.30. The molecule has 0 radical (unpaired) electrons. The highest BCUT2D eigenvalue weighted by atomic mass is 15.2. The summed E-state index contributed by atoms with van der Waals surface area (Å²) >= 11 is 0. The Hall–Kier alpha value is -1.12. The predicted molar refractivity (Wildman–Crippen MR) is 63.2 cm³/mol. The maximum absolute atomic E-state index is 5.54. The Morgan fingerprint density at radius 1 is 1.47 bits per heavy atom. The van der Waals surface area contributed by atoms with E-state index in [1.165, 1.54) is 12.0 Å². The van der Waals surface area contributed by atoms with Crippen molar-refractivity contribution in [2.75, 3.05) is 0 Å². The van der Waals surface area contributed by atoms with Crippen molar-refractivity contribution in [3.05, 3.63) is 48.0 Å². The molecule has 3 unspecified atom stereocenters. The zero-order chi connectivity index (χ0) is 10.8. The molecule has 0 heterocycles. The van der Waals surface area contributed by atoms with E-state index in [4.69, 9.17) is 5.84 Å². The molecule has 0 saturated heterocycles. The predicted octanol–water partition coefficient (Wildman–Crippen LogP) is 2.20. The van der Waals surface area contributed by atoms with Crippen LogP contribution in [0, 0.1) is 5.92 Å². The molecule has 3 N–H and O–H groups in total. The van der Waals surface area contributed by atoms with Gasteiger partial charge in [0.05, 0.1) is 0 Å². The van der Waals surface area contributed by atoms with E-state index in [9.17, 15) is 0 Å². The second-order valence-electron chi connectivity index (χ2n) is 4.41. The molecule has 0 aliphatic heterocycles. The van der Waals surface area contributed by atoms with Crippen molar-refractivity contribution < 1.29 is 0 Å². The van der Waals surface area contributed by atoms with Crippen LogP contribution in [0.2, 0.25) is 0 Å². The Balaban J connectivity index is 2.04. The van der Waals surface area contributed by atoms with Crippen molar-refractivity contribution in [2.24, 2.45) is 11.8 Å². The number of hydrogen-bond donors (Lipinski definition) is 2. The minimum Gasteiger partial charge on any atom is -0.271 e. The first-order valence-electron chi connectivity index (χ1n) is 5.40. The van der Waals surface area contributed by atoms with Gasteiger partial charge in [-0.2, -0.15) is 0 Å². The van der Waals surface area contributed by atoms with Crippen LogP contribution in [0.15, 0.2) is 42.5 Å². The van der Waals surface area contributed by atoms with Crippen molar-refractivity contribution in [3.8, 4) is 0 Å². The molecular formula is C13H18N2. The molecule has 2 heteroatoms. The van der Waals surface area contributed by atoms with Gasteiger partial charge in [0.1, 0.15) is 0 Å². The van der Waals surface area contributed by atoms with Gasteiger partial charge in [-0.1, -0.05) is 42.5 Å². The van der Waals surface area contributed by atoms with Crippen molar-refractivity contribution in [2.45, 2.75) is 25.3 Å². The molecule has 1 aromatic rings. The van der Waals surface area contributed by atoms with E-state index in [2.05, 4.69) is 42.3 Å². The Morgan fingerprint density at radius 3 is 2.67 bits per heavy atom. The number of benzene rings is 1. The second kappa shape index (κ2) is 4.17. The van der Waals surface area contributed by atoms with Gasteiger partial charge >= 0.3 is 0 Å². The molecule has 0 bridgehead atoms. The number of hydrogen-bond acceptors (Lipinski definition) is 2. The summed E-state index contributed by atoms with van der Waals surface area (Å²) < 4.78 is 0. The first-order valence-corrected chi connectivity index (χ1v) is 5.40. The Morgan fingerprint density at radius 2 is 2.13 bits per heavy atom. The van der Waals surface area contributed by atoms with Crippen LogP contribution < -0.4 is 11.3 Å². The second-order valence-corrected chi connectivity index (χ2v) is 4.41. The summed E-state index contributed by atoms with van der Waals surface area (Å²) in [5, 5.41) is 0. The zero-order valence-corrected chi connectivity index (χ0v) is 9.11. The maximum Gasteiger partial charge on any atom is 0.0448 e. The molecule has 1 aromatic carbocycles. The van der Waals surface area contributed by atoms with Crippen LogP contribution in [0.4, 0.5) is 0 Å². The van der Waals surface area contributed by atoms with Crippen LogP contribution in [-0.4, -0.2) is 6.04 Å². The first kappa shape index (κ1) is 10.4. The summed E-state index contributed by atoms with van der Waals surface area (Å²) in [6.45, 7) is 6.01. The number of rotatable bonds is 4. The third-order valence-corrected chi connectivity index (χ3v) is 3.21. The lowest BCUT2D eigenvalue weighted by molar-refractivity contribution is 0.526. The monoisotopic (exact) mass is 202 g/mol. The van der Waals surface area contributed by atoms with Crippen molar-refractivity contribution in [1.82, 2.24) is 5.43 Å². The van der Waals surface area contributed by atoms with E-state index >= 15 is 0 Å². The van der Waals surface area contributed by atoms with Crippen LogP contribution in [-0.2, 0) is 0 Å². The van der Waals surface area contributed by atoms with E-state index in [1.807, 2.05) is 6.92 Å². The zero-order valence-electron chi connectivity index (χ0n) is 9.11. The fourth-order valence-electron chi connectivity index (χ4n) is 2.30. The molecule has 2 nitrogen and oxygen atoms in total. The SMILES string of the molecule is C=C(C)C(NN)C1CC1c1ccccc1. The minimum atomic E-state index is 0.259. The van der Waals surface area contributed by atoms with Crippen LogP contribution >= 0.6 is 0 Å². The van der Waals surface area contributed by atoms with Crippen LogP contribution in [0.25, 0.3) is 0 Å². The fraction of sp³-hybridized carbons (Fsp3) is 0.385. The van der Waals surface area contributed by atoms with Gasteiger partial charge < -0.3 is 0 Å². The van der Waals surface area contributed by atoms with Crippen LogP contribution in [0.1, 0.15) is 24.8 Å². The van der Waals surface area contributed by atoms with Gasteiger partial charge in [-0.3, -0.25) is 11.3 Å². The van der Waals surface area contributed by atoms with Gasteiger partial charge in [0.25, 0.3) is 0 Å². The summed E-state index contributed by atoms with van der Waals surface area (Å²) in [5.41, 5.74) is 5.41. The molecule has 15 heavy (non-hydrogen) atoms. The van der Waals surface area contributed by atoms with Crippen molar-refractivity contribution in [3.63, 3.8) is 0 Å². The molecule has 1 fully saturated rings. The summed E-state index contributed by atoms with van der Waals surface area (Å²) in [5.74, 6) is 6.82. The highest BCUT2D eigenvalue weighted by Gasteiger charge is 2.43.